The van der Waals surface area contributed by atoms with Crippen LogP contribution in [0.5, 0.6) is 0 Å². The Balaban J connectivity index is 1.88. The van der Waals surface area contributed by atoms with E-state index in [9.17, 15) is 4.79 Å². The minimum atomic E-state index is -0.470. The van der Waals surface area contributed by atoms with Gasteiger partial charge in [-0.3, -0.25) is 4.79 Å². The largest absolute Gasteiger partial charge is 0.459 e. The first-order valence-electron chi connectivity index (χ1n) is 13.0. The van der Waals surface area contributed by atoms with Gasteiger partial charge in [0.2, 0.25) is 0 Å². The maximum absolute atomic E-state index is 14.1. The third-order valence-corrected chi connectivity index (χ3v) is 11.0. The van der Waals surface area contributed by atoms with E-state index >= 15 is 0 Å². The van der Waals surface area contributed by atoms with Crippen LogP contribution in [0, 0.1) is 39.4 Å². The Kier molecular flexibility index (Phi) is 6.27. The second-order valence-corrected chi connectivity index (χ2v) is 13.4. The number of carbonyl (C=O) groups excluding carboxylic acids is 1. The second kappa shape index (κ2) is 7.80. The molecule has 4 fully saturated rings. The number of hydrogen-bond donors (Lipinski definition) is 0. The fourth-order valence-corrected chi connectivity index (χ4v) is 7.63. The minimum Gasteiger partial charge on any atom is -0.459 e. The van der Waals surface area contributed by atoms with Crippen molar-refractivity contribution in [1.29, 1.82) is 0 Å². The predicted octanol–water partition coefficient (Wildman–Crippen LogP) is 8.18. The molecule has 4 rings (SSSR count). The molecule has 2 heteroatoms. The van der Waals surface area contributed by atoms with E-state index in [2.05, 4.69) is 62.3 Å². The van der Waals surface area contributed by atoms with Crippen molar-refractivity contribution in [3.63, 3.8) is 0 Å². The average molecular weight is 419 g/mol. The van der Waals surface area contributed by atoms with Gasteiger partial charge in [0, 0.05) is 5.41 Å². The molecule has 174 valence electrons. The minimum absolute atomic E-state index is 0.0585. The van der Waals surface area contributed by atoms with Gasteiger partial charge >= 0.3 is 5.97 Å². The summed E-state index contributed by atoms with van der Waals surface area (Å²) in [5, 5.41) is 0. The Morgan fingerprint density at radius 2 is 1.23 bits per heavy atom. The van der Waals surface area contributed by atoms with E-state index in [0.29, 0.717) is 0 Å². The zero-order chi connectivity index (χ0) is 22.6. The maximum atomic E-state index is 14.1. The van der Waals surface area contributed by atoms with E-state index in [1.807, 2.05) is 0 Å². The Bertz CT molecular complexity index is 604. The van der Waals surface area contributed by atoms with Crippen molar-refractivity contribution < 1.29 is 9.53 Å². The van der Waals surface area contributed by atoms with Gasteiger partial charge in [-0.15, -0.1) is 0 Å². The third-order valence-electron chi connectivity index (χ3n) is 11.0. The summed E-state index contributed by atoms with van der Waals surface area (Å²) in [6.45, 7) is 20.4. The second-order valence-electron chi connectivity index (χ2n) is 13.4. The highest BCUT2D eigenvalue weighted by Gasteiger charge is 2.60. The zero-order valence-corrected chi connectivity index (χ0v) is 21.6. The van der Waals surface area contributed by atoms with Crippen LogP contribution >= 0.6 is 0 Å². The molecule has 4 bridgehead atoms. The van der Waals surface area contributed by atoms with Gasteiger partial charge in [0.15, 0.2) is 0 Å². The van der Waals surface area contributed by atoms with Gasteiger partial charge in [-0.25, -0.2) is 0 Å². The topological polar surface area (TPSA) is 26.3 Å². The molecule has 0 aromatic heterocycles. The van der Waals surface area contributed by atoms with Crippen molar-refractivity contribution in [2.24, 2.45) is 39.4 Å². The summed E-state index contributed by atoms with van der Waals surface area (Å²) in [6.07, 6.45) is 12.2. The fraction of sp³-hybridized carbons (Fsp3) is 0.964. The van der Waals surface area contributed by atoms with Gasteiger partial charge in [-0.2, -0.15) is 0 Å². The zero-order valence-electron chi connectivity index (χ0n) is 21.6. The molecule has 0 radical (unpaired) electrons. The first-order chi connectivity index (χ1) is 13.8. The predicted molar refractivity (Wildman–Crippen MR) is 126 cm³/mol. The molecule has 30 heavy (non-hydrogen) atoms. The number of hydrogen-bond acceptors (Lipinski definition) is 2. The molecule has 0 aliphatic heterocycles. The first kappa shape index (κ1) is 24.1. The van der Waals surface area contributed by atoms with Crippen molar-refractivity contribution in [2.45, 2.75) is 132 Å². The van der Waals surface area contributed by atoms with Gasteiger partial charge in [0.1, 0.15) is 5.60 Å². The summed E-state index contributed by atoms with van der Waals surface area (Å²) in [4.78, 5) is 14.1. The SMILES string of the molecule is CCC(C)(CC)CC(C)(C(=O)OC(C)(C)C12CC3CC(CC(C3)C1)C2)C(C)(C)CC. The van der Waals surface area contributed by atoms with Crippen LogP contribution < -0.4 is 0 Å². The van der Waals surface area contributed by atoms with Crippen LogP contribution in [0.4, 0.5) is 0 Å². The Labute approximate surface area is 187 Å². The molecule has 1 unspecified atom stereocenters. The molecule has 1 atom stereocenters. The molecule has 0 heterocycles. The summed E-state index contributed by atoms with van der Waals surface area (Å²) in [5.41, 5.74) is -0.562. The molecule has 2 nitrogen and oxygen atoms in total. The van der Waals surface area contributed by atoms with Gasteiger partial charge in [0.25, 0.3) is 0 Å². The molecule has 4 saturated carbocycles. The lowest BCUT2D eigenvalue weighted by atomic mass is 9.45. The van der Waals surface area contributed by atoms with Crippen molar-refractivity contribution in [1.82, 2.24) is 0 Å². The summed E-state index contributed by atoms with van der Waals surface area (Å²) in [6, 6.07) is 0. The van der Waals surface area contributed by atoms with Gasteiger partial charge in [0.05, 0.1) is 5.41 Å². The molecule has 0 N–H and O–H groups in total. The van der Waals surface area contributed by atoms with Crippen LogP contribution in [-0.2, 0) is 9.53 Å². The Morgan fingerprint density at radius 1 is 0.800 bits per heavy atom. The highest BCUT2D eigenvalue weighted by Crippen LogP contribution is 2.65. The first-order valence-corrected chi connectivity index (χ1v) is 13.0. The van der Waals surface area contributed by atoms with Crippen LogP contribution in [0.3, 0.4) is 0 Å². The van der Waals surface area contributed by atoms with E-state index in [1.165, 1.54) is 38.5 Å². The summed E-state index contributed by atoms with van der Waals surface area (Å²) < 4.78 is 6.67. The number of carbonyl (C=O) groups is 1. The molecule has 0 aromatic carbocycles. The fourth-order valence-electron chi connectivity index (χ4n) is 7.63. The molecule has 0 aromatic rings. The Hall–Kier alpha value is -0.530. The maximum Gasteiger partial charge on any atom is 0.312 e. The highest BCUT2D eigenvalue weighted by molar-refractivity contribution is 5.78. The highest BCUT2D eigenvalue weighted by atomic mass is 16.6. The van der Waals surface area contributed by atoms with Crippen LogP contribution in [0.15, 0.2) is 0 Å². The van der Waals surface area contributed by atoms with Gasteiger partial charge in [-0.05, 0) is 101 Å². The van der Waals surface area contributed by atoms with Crippen molar-refractivity contribution >= 4 is 5.97 Å². The number of ether oxygens (including phenoxy) is 1. The van der Waals surface area contributed by atoms with Crippen LogP contribution in [0.25, 0.3) is 0 Å². The molecule has 4 aliphatic rings. The third kappa shape index (κ3) is 3.88. The average Bonchev–Trinajstić information content (AvgIpc) is 2.66. The lowest BCUT2D eigenvalue weighted by Gasteiger charge is -2.62. The van der Waals surface area contributed by atoms with E-state index in [-0.39, 0.29) is 27.8 Å². The normalized spacial score (nSPS) is 33.4. The van der Waals surface area contributed by atoms with Crippen LogP contribution in [-0.4, -0.2) is 11.6 Å². The molecule has 0 saturated heterocycles. The van der Waals surface area contributed by atoms with Gasteiger partial charge < -0.3 is 4.74 Å². The summed E-state index contributed by atoms with van der Waals surface area (Å²) in [5.74, 6) is 2.67. The van der Waals surface area contributed by atoms with Crippen LogP contribution in [0.1, 0.15) is 127 Å². The molecular formula is C28H50O2. The van der Waals surface area contributed by atoms with E-state index in [4.69, 9.17) is 4.74 Å². The Morgan fingerprint density at radius 3 is 1.60 bits per heavy atom. The van der Waals surface area contributed by atoms with Crippen LogP contribution in [0.2, 0.25) is 0 Å². The lowest BCUT2D eigenvalue weighted by molar-refractivity contribution is -0.214. The molecule has 0 spiro atoms. The molecule has 0 amide bonds. The summed E-state index contributed by atoms with van der Waals surface area (Å²) in [7, 11) is 0. The molecule has 4 aliphatic carbocycles. The van der Waals surface area contributed by atoms with Crippen molar-refractivity contribution in [3.05, 3.63) is 0 Å². The number of esters is 1. The molecular weight excluding hydrogens is 368 g/mol. The number of rotatable bonds is 9. The lowest BCUT2D eigenvalue weighted by Crippen LogP contribution is -2.59. The van der Waals surface area contributed by atoms with Crippen molar-refractivity contribution in [2.75, 3.05) is 0 Å². The van der Waals surface area contributed by atoms with E-state index in [1.54, 1.807) is 0 Å². The van der Waals surface area contributed by atoms with Gasteiger partial charge in [-0.1, -0.05) is 54.4 Å². The van der Waals surface area contributed by atoms with Crippen molar-refractivity contribution in [3.8, 4) is 0 Å². The van der Waals surface area contributed by atoms with E-state index < -0.39 is 5.41 Å². The monoisotopic (exact) mass is 418 g/mol. The smallest absolute Gasteiger partial charge is 0.312 e. The standard InChI is InChI=1S/C28H50O2/c1-10-24(4,5)27(9,19-26(8,11-2)12-3)23(29)30-25(6,7)28-16-20-13-21(17-28)15-22(14-20)18-28/h20-22H,10-19H2,1-9H3. The quantitative estimate of drug-likeness (QED) is 0.353. The summed E-state index contributed by atoms with van der Waals surface area (Å²) >= 11 is 0. The van der Waals surface area contributed by atoms with E-state index in [0.717, 1.165) is 43.4 Å².